The van der Waals surface area contributed by atoms with Gasteiger partial charge in [-0.15, -0.1) is 0 Å². The predicted octanol–water partition coefficient (Wildman–Crippen LogP) is 4.09. The molecule has 2 fully saturated rings. The van der Waals surface area contributed by atoms with Crippen LogP contribution in [-0.4, -0.2) is 45.8 Å². The van der Waals surface area contributed by atoms with Crippen LogP contribution in [0.15, 0.2) is 48.5 Å². The lowest BCUT2D eigenvalue weighted by molar-refractivity contribution is -0.137. The standard InChI is InChI=1S/C23H21F3N4O2/c24-23(25,26)15-5-7-16(8-6-15)30-20(31)13-19(22(30)32)29-11-9-14(10-12-29)21-27-17-3-1-2-4-18(17)28-21/h1-8,14,19H,9-13H2,(H,27,28)/t19-/m1/s1. The first kappa shape index (κ1) is 20.7. The molecule has 0 radical (unpaired) electrons. The topological polar surface area (TPSA) is 69.3 Å². The van der Waals surface area contributed by atoms with Gasteiger partial charge in [0.1, 0.15) is 5.82 Å². The van der Waals surface area contributed by atoms with Gasteiger partial charge in [0.2, 0.25) is 5.91 Å². The SMILES string of the molecule is O=C1C[C@@H](N2CCC(c3nc4ccccc4[nH]3)CC2)C(=O)N1c1ccc(C(F)(F)F)cc1. The number of imide groups is 1. The van der Waals surface area contributed by atoms with Crippen molar-refractivity contribution in [3.8, 4) is 0 Å². The Kier molecular flexibility index (Phi) is 5.00. The molecular weight excluding hydrogens is 421 g/mol. The average Bonchev–Trinajstić information content (AvgIpc) is 3.34. The van der Waals surface area contributed by atoms with Gasteiger partial charge in [-0.1, -0.05) is 12.1 Å². The number of likely N-dealkylation sites (tertiary alicyclic amines) is 1. The monoisotopic (exact) mass is 442 g/mol. The molecule has 2 saturated heterocycles. The number of benzene rings is 2. The summed E-state index contributed by atoms with van der Waals surface area (Å²) in [4.78, 5) is 36.6. The first-order valence-electron chi connectivity index (χ1n) is 10.5. The summed E-state index contributed by atoms with van der Waals surface area (Å²) in [5.74, 6) is 0.416. The van der Waals surface area contributed by atoms with Gasteiger partial charge in [-0.05, 0) is 62.3 Å². The van der Waals surface area contributed by atoms with Gasteiger partial charge in [0.05, 0.1) is 34.7 Å². The van der Waals surface area contributed by atoms with Crippen molar-refractivity contribution >= 4 is 28.5 Å². The molecule has 2 amide bonds. The number of alkyl halides is 3. The number of nitrogens with zero attached hydrogens (tertiary/aromatic N) is 3. The van der Waals surface area contributed by atoms with E-state index in [-0.39, 0.29) is 29.8 Å². The van der Waals surface area contributed by atoms with Crippen LogP contribution in [0, 0.1) is 0 Å². The third-order valence-electron chi connectivity index (χ3n) is 6.34. The van der Waals surface area contributed by atoms with E-state index >= 15 is 0 Å². The molecule has 32 heavy (non-hydrogen) atoms. The summed E-state index contributed by atoms with van der Waals surface area (Å²) >= 11 is 0. The normalized spacial score (nSPS) is 21.1. The van der Waals surface area contributed by atoms with Crippen LogP contribution in [0.4, 0.5) is 18.9 Å². The molecule has 0 aliphatic carbocycles. The molecule has 2 aliphatic rings. The van der Waals surface area contributed by atoms with Crippen LogP contribution in [0.25, 0.3) is 11.0 Å². The van der Waals surface area contributed by atoms with E-state index < -0.39 is 17.8 Å². The largest absolute Gasteiger partial charge is 0.416 e. The number of imidazole rings is 1. The molecule has 0 spiro atoms. The molecule has 166 valence electrons. The Morgan fingerprint density at radius 3 is 2.31 bits per heavy atom. The quantitative estimate of drug-likeness (QED) is 0.621. The average molecular weight is 442 g/mol. The van der Waals surface area contributed by atoms with Crippen molar-refractivity contribution < 1.29 is 22.8 Å². The van der Waals surface area contributed by atoms with Crippen LogP contribution in [0.1, 0.15) is 36.6 Å². The van der Waals surface area contributed by atoms with Gasteiger partial charge in [0.25, 0.3) is 5.91 Å². The van der Waals surface area contributed by atoms with Crippen molar-refractivity contribution in [3.63, 3.8) is 0 Å². The Morgan fingerprint density at radius 2 is 1.66 bits per heavy atom. The van der Waals surface area contributed by atoms with Crippen molar-refractivity contribution in [2.45, 2.75) is 37.4 Å². The number of amides is 2. The lowest BCUT2D eigenvalue weighted by atomic mass is 9.95. The number of carbonyl (C=O) groups is 2. The van der Waals surface area contributed by atoms with Gasteiger partial charge in [-0.3, -0.25) is 14.5 Å². The number of carbonyl (C=O) groups excluding carboxylic acids is 2. The van der Waals surface area contributed by atoms with Crippen molar-refractivity contribution in [3.05, 3.63) is 59.9 Å². The van der Waals surface area contributed by atoms with E-state index in [9.17, 15) is 22.8 Å². The lowest BCUT2D eigenvalue weighted by Crippen LogP contribution is -2.45. The van der Waals surface area contributed by atoms with Crippen LogP contribution < -0.4 is 4.90 Å². The number of anilines is 1. The molecule has 1 N–H and O–H groups in total. The number of aromatic amines is 1. The highest BCUT2D eigenvalue weighted by Crippen LogP contribution is 2.34. The summed E-state index contributed by atoms with van der Waals surface area (Å²) in [7, 11) is 0. The zero-order valence-corrected chi connectivity index (χ0v) is 17.1. The number of fused-ring (bicyclic) bond motifs is 1. The maximum absolute atomic E-state index is 13.0. The molecule has 1 aromatic heterocycles. The molecule has 0 saturated carbocycles. The molecule has 9 heteroatoms. The summed E-state index contributed by atoms with van der Waals surface area (Å²) in [5.41, 5.74) is 1.28. The minimum atomic E-state index is -4.47. The maximum atomic E-state index is 13.0. The summed E-state index contributed by atoms with van der Waals surface area (Å²) in [6, 6.07) is 11.4. The number of piperidine rings is 1. The molecular formula is C23H21F3N4O2. The van der Waals surface area contributed by atoms with E-state index in [4.69, 9.17) is 0 Å². The number of hydrogen-bond donors (Lipinski definition) is 1. The van der Waals surface area contributed by atoms with Crippen LogP contribution >= 0.6 is 0 Å². The fourth-order valence-electron chi connectivity index (χ4n) is 4.62. The van der Waals surface area contributed by atoms with E-state index in [2.05, 4.69) is 9.97 Å². The second-order valence-electron chi connectivity index (χ2n) is 8.28. The number of halogens is 3. The van der Waals surface area contributed by atoms with E-state index in [1.807, 2.05) is 29.2 Å². The minimum absolute atomic E-state index is 0.0369. The first-order chi connectivity index (χ1) is 15.3. The Bertz CT molecular complexity index is 1130. The Morgan fingerprint density at radius 1 is 0.969 bits per heavy atom. The fraction of sp³-hybridized carbons (Fsp3) is 0.348. The number of rotatable bonds is 3. The molecule has 5 rings (SSSR count). The fourth-order valence-corrected chi connectivity index (χ4v) is 4.62. The summed E-state index contributed by atoms with van der Waals surface area (Å²) < 4.78 is 38.4. The highest BCUT2D eigenvalue weighted by molar-refractivity contribution is 6.22. The second kappa shape index (κ2) is 7.74. The van der Waals surface area contributed by atoms with E-state index in [0.717, 1.165) is 46.7 Å². The molecule has 2 aromatic carbocycles. The summed E-state index contributed by atoms with van der Waals surface area (Å²) in [5, 5.41) is 0. The first-order valence-corrected chi connectivity index (χ1v) is 10.5. The molecule has 1 atom stereocenters. The number of hydrogen-bond acceptors (Lipinski definition) is 4. The summed E-state index contributed by atoms with van der Waals surface area (Å²) in [6.07, 6.45) is -2.82. The number of nitrogens with one attached hydrogen (secondary N) is 1. The predicted molar refractivity (Wildman–Crippen MR) is 112 cm³/mol. The Labute approximate surface area is 182 Å². The van der Waals surface area contributed by atoms with Crippen molar-refractivity contribution in [1.29, 1.82) is 0 Å². The highest BCUT2D eigenvalue weighted by atomic mass is 19.4. The van der Waals surface area contributed by atoms with Crippen molar-refractivity contribution in [2.24, 2.45) is 0 Å². The third kappa shape index (κ3) is 3.66. The Balaban J connectivity index is 1.26. The summed E-state index contributed by atoms with van der Waals surface area (Å²) in [6.45, 7) is 1.29. The van der Waals surface area contributed by atoms with Gasteiger partial charge in [-0.25, -0.2) is 9.88 Å². The smallest absolute Gasteiger partial charge is 0.342 e. The van der Waals surface area contributed by atoms with E-state index in [1.165, 1.54) is 12.1 Å². The lowest BCUT2D eigenvalue weighted by Gasteiger charge is -2.34. The number of aromatic nitrogens is 2. The minimum Gasteiger partial charge on any atom is -0.342 e. The zero-order valence-electron chi connectivity index (χ0n) is 17.1. The van der Waals surface area contributed by atoms with Gasteiger partial charge < -0.3 is 4.98 Å². The van der Waals surface area contributed by atoms with Crippen LogP contribution in [0.2, 0.25) is 0 Å². The number of H-pyrrole nitrogens is 1. The third-order valence-corrected chi connectivity index (χ3v) is 6.34. The molecule has 3 aromatic rings. The van der Waals surface area contributed by atoms with Gasteiger partial charge in [0, 0.05) is 5.92 Å². The molecule has 0 bridgehead atoms. The molecule has 3 heterocycles. The van der Waals surface area contributed by atoms with E-state index in [1.54, 1.807) is 0 Å². The Hall–Kier alpha value is -3.20. The van der Waals surface area contributed by atoms with Crippen LogP contribution in [0.3, 0.4) is 0 Å². The maximum Gasteiger partial charge on any atom is 0.416 e. The second-order valence-corrected chi connectivity index (χ2v) is 8.28. The van der Waals surface area contributed by atoms with Gasteiger partial charge >= 0.3 is 6.18 Å². The number of para-hydroxylation sites is 2. The van der Waals surface area contributed by atoms with Gasteiger partial charge in [-0.2, -0.15) is 13.2 Å². The highest BCUT2D eigenvalue weighted by Gasteiger charge is 2.44. The molecule has 2 aliphatic heterocycles. The van der Waals surface area contributed by atoms with Gasteiger partial charge in [0.15, 0.2) is 0 Å². The van der Waals surface area contributed by atoms with E-state index in [0.29, 0.717) is 13.1 Å². The zero-order chi connectivity index (χ0) is 22.5. The molecule has 0 unspecified atom stereocenters. The molecule has 6 nitrogen and oxygen atoms in total. The van der Waals surface area contributed by atoms with Crippen molar-refractivity contribution in [1.82, 2.24) is 14.9 Å². The van der Waals surface area contributed by atoms with Crippen LogP contribution in [-0.2, 0) is 15.8 Å². The van der Waals surface area contributed by atoms with Crippen LogP contribution in [0.5, 0.6) is 0 Å². The van der Waals surface area contributed by atoms with Crippen molar-refractivity contribution in [2.75, 3.05) is 18.0 Å².